The number of carbonyl (C=O) groups is 2. The first-order chi connectivity index (χ1) is 7.70. The summed E-state index contributed by atoms with van der Waals surface area (Å²) in [6, 6.07) is -0.401. The van der Waals surface area contributed by atoms with Crippen LogP contribution in [0.1, 0.15) is 32.6 Å². The highest BCUT2D eigenvalue weighted by Gasteiger charge is 2.33. The van der Waals surface area contributed by atoms with Crippen molar-refractivity contribution < 1.29 is 14.3 Å². The Morgan fingerprint density at radius 3 is 2.94 bits per heavy atom. The molecule has 90 valence electrons. The van der Waals surface area contributed by atoms with Gasteiger partial charge in [-0.05, 0) is 25.3 Å². The molecule has 0 aliphatic carbocycles. The zero-order valence-electron chi connectivity index (χ0n) is 9.78. The molecule has 1 amide bonds. The van der Waals surface area contributed by atoms with E-state index in [4.69, 9.17) is 4.74 Å². The van der Waals surface area contributed by atoms with Crippen molar-refractivity contribution in [1.82, 2.24) is 4.90 Å². The number of amides is 1. The number of likely N-dealkylation sites (tertiary alicyclic amines) is 1. The van der Waals surface area contributed by atoms with E-state index in [1.165, 1.54) is 6.08 Å². The number of hydrogen-bond donors (Lipinski definition) is 0. The quantitative estimate of drug-likeness (QED) is 0.405. The van der Waals surface area contributed by atoms with Gasteiger partial charge in [-0.3, -0.25) is 4.79 Å². The fourth-order valence-corrected chi connectivity index (χ4v) is 1.81. The Labute approximate surface area is 96.3 Å². The van der Waals surface area contributed by atoms with Crippen molar-refractivity contribution in [3.63, 3.8) is 0 Å². The number of esters is 1. The Morgan fingerprint density at radius 1 is 1.56 bits per heavy atom. The van der Waals surface area contributed by atoms with Crippen LogP contribution in [0, 0.1) is 0 Å². The van der Waals surface area contributed by atoms with Gasteiger partial charge in [0.15, 0.2) is 0 Å². The zero-order chi connectivity index (χ0) is 12.0. The molecule has 16 heavy (non-hydrogen) atoms. The lowest BCUT2D eigenvalue weighted by atomic mass is 10.2. The fourth-order valence-electron chi connectivity index (χ4n) is 1.81. The van der Waals surface area contributed by atoms with E-state index >= 15 is 0 Å². The molecule has 1 rings (SSSR count). The molecule has 0 saturated carbocycles. The van der Waals surface area contributed by atoms with Gasteiger partial charge < -0.3 is 9.64 Å². The smallest absolute Gasteiger partial charge is 0.328 e. The van der Waals surface area contributed by atoms with Crippen LogP contribution in [0.25, 0.3) is 0 Å². The number of rotatable bonds is 5. The number of ether oxygens (including phenoxy) is 1. The maximum absolute atomic E-state index is 11.7. The van der Waals surface area contributed by atoms with E-state index in [-0.39, 0.29) is 11.9 Å². The van der Waals surface area contributed by atoms with Gasteiger partial charge in [0.1, 0.15) is 6.04 Å². The SMILES string of the molecule is C=CC(=O)N1CCCC1C(=O)OCCCC. The van der Waals surface area contributed by atoms with Crippen LogP contribution >= 0.6 is 0 Å². The molecule has 4 nitrogen and oxygen atoms in total. The summed E-state index contributed by atoms with van der Waals surface area (Å²) in [5.74, 6) is -0.462. The summed E-state index contributed by atoms with van der Waals surface area (Å²) in [6.07, 6.45) is 4.66. The van der Waals surface area contributed by atoms with Crippen molar-refractivity contribution in [3.05, 3.63) is 12.7 Å². The first kappa shape index (κ1) is 12.7. The van der Waals surface area contributed by atoms with E-state index in [1.54, 1.807) is 4.90 Å². The van der Waals surface area contributed by atoms with Crippen molar-refractivity contribution in [3.8, 4) is 0 Å². The van der Waals surface area contributed by atoms with Gasteiger partial charge in [0.25, 0.3) is 0 Å². The third-order valence-electron chi connectivity index (χ3n) is 2.72. The molecule has 0 spiro atoms. The summed E-state index contributed by atoms with van der Waals surface area (Å²) in [5, 5.41) is 0. The zero-order valence-corrected chi connectivity index (χ0v) is 9.78. The summed E-state index contributed by atoms with van der Waals surface area (Å²) in [5.41, 5.74) is 0. The number of carbonyl (C=O) groups excluding carboxylic acids is 2. The molecule has 4 heteroatoms. The monoisotopic (exact) mass is 225 g/mol. The Kier molecular flexibility index (Phi) is 5.02. The van der Waals surface area contributed by atoms with E-state index in [2.05, 4.69) is 6.58 Å². The molecule has 1 aliphatic heterocycles. The molecule has 1 unspecified atom stereocenters. The van der Waals surface area contributed by atoms with Gasteiger partial charge in [0.05, 0.1) is 6.61 Å². The maximum atomic E-state index is 11.7. The second-order valence-corrected chi connectivity index (χ2v) is 3.91. The summed E-state index contributed by atoms with van der Waals surface area (Å²) >= 11 is 0. The fraction of sp³-hybridized carbons (Fsp3) is 0.667. The second-order valence-electron chi connectivity index (χ2n) is 3.91. The minimum Gasteiger partial charge on any atom is -0.464 e. The van der Waals surface area contributed by atoms with Crippen LogP contribution in [-0.2, 0) is 14.3 Å². The van der Waals surface area contributed by atoms with Crippen LogP contribution in [0.3, 0.4) is 0 Å². The van der Waals surface area contributed by atoms with Gasteiger partial charge in [0, 0.05) is 6.54 Å². The third-order valence-corrected chi connectivity index (χ3v) is 2.72. The van der Waals surface area contributed by atoms with Crippen molar-refractivity contribution in [2.45, 2.75) is 38.6 Å². The standard InChI is InChI=1S/C12H19NO3/c1-3-5-9-16-12(15)10-7-6-8-13(10)11(14)4-2/h4,10H,2-3,5-9H2,1H3. The highest BCUT2D eigenvalue weighted by Crippen LogP contribution is 2.18. The summed E-state index contributed by atoms with van der Waals surface area (Å²) in [4.78, 5) is 24.7. The molecule has 0 aromatic heterocycles. The minimum absolute atomic E-state index is 0.185. The molecular formula is C12H19NO3. The lowest BCUT2D eigenvalue weighted by Crippen LogP contribution is -2.40. The number of nitrogens with zero attached hydrogens (tertiary/aromatic N) is 1. The topological polar surface area (TPSA) is 46.6 Å². The molecular weight excluding hydrogens is 206 g/mol. The van der Waals surface area contributed by atoms with Gasteiger partial charge in [-0.2, -0.15) is 0 Å². The number of hydrogen-bond acceptors (Lipinski definition) is 3. The average molecular weight is 225 g/mol. The molecule has 1 fully saturated rings. The predicted molar refractivity (Wildman–Crippen MR) is 60.8 cm³/mol. The van der Waals surface area contributed by atoms with Crippen LogP contribution in [-0.4, -0.2) is 36.0 Å². The van der Waals surface area contributed by atoms with Gasteiger partial charge in [-0.1, -0.05) is 19.9 Å². The molecule has 1 heterocycles. The van der Waals surface area contributed by atoms with Crippen molar-refractivity contribution >= 4 is 11.9 Å². The molecule has 0 aromatic rings. The van der Waals surface area contributed by atoms with Gasteiger partial charge in [-0.25, -0.2) is 4.79 Å². The van der Waals surface area contributed by atoms with Gasteiger partial charge >= 0.3 is 5.97 Å². The lowest BCUT2D eigenvalue weighted by Gasteiger charge is -2.21. The largest absolute Gasteiger partial charge is 0.464 e. The van der Waals surface area contributed by atoms with Crippen molar-refractivity contribution in [2.75, 3.05) is 13.2 Å². The van der Waals surface area contributed by atoms with Crippen molar-refractivity contribution in [2.24, 2.45) is 0 Å². The van der Waals surface area contributed by atoms with Gasteiger partial charge in [-0.15, -0.1) is 0 Å². The lowest BCUT2D eigenvalue weighted by molar-refractivity contribution is -0.152. The van der Waals surface area contributed by atoms with Crippen LogP contribution in [0.15, 0.2) is 12.7 Å². The molecule has 0 N–H and O–H groups in total. The summed E-state index contributed by atoms with van der Waals surface area (Å²) in [7, 11) is 0. The first-order valence-corrected chi connectivity index (χ1v) is 5.80. The first-order valence-electron chi connectivity index (χ1n) is 5.80. The second kappa shape index (κ2) is 6.30. The van der Waals surface area contributed by atoms with E-state index in [0.29, 0.717) is 19.6 Å². The highest BCUT2D eigenvalue weighted by molar-refractivity contribution is 5.91. The van der Waals surface area contributed by atoms with Gasteiger partial charge in [0.2, 0.25) is 5.91 Å². The number of unbranched alkanes of at least 4 members (excludes halogenated alkanes) is 1. The van der Waals surface area contributed by atoms with Crippen molar-refractivity contribution in [1.29, 1.82) is 0 Å². The van der Waals surface area contributed by atoms with Crippen LogP contribution in [0.5, 0.6) is 0 Å². The third kappa shape index (κ3) is 3.08. The Bertz CT molecular complexity index is 275. The molecule has 0 bridgehead atoms. The van der Waals surface area contributed by atoms with Crippen LogP contribution < -0.4 is 0 Å². The van der Waals surface area contributed by atoms with Crippen LogP contribution in [0.4, 0.5) is 0 Å². The molecule has 1 saturated heterocycles. The average Bonchev–Trinajstić information content (AvgIpc) is 2.77. The Morgan fingerprint density at radius 2 is 2.31 bits per heavy atom. The Balaban J connectivity index is 2.47. The summed E-state index contributed by atoms with van der Waals surface area (Å²) in [6.45, 7) is 6.54. The highest BCUT2D eigenvalue weighted by atomic mass is 16.5. The molecule has 1 aliphatic rings. The molecule has 0 radical (unpaired) electrons. The normalized spacial score (nSPS) is 19.6. The van der Waals surface area contributed by atoms with E-state index in [0.717, 1.165) is 19.3 Å². The predicted octanol–water partition coefficient (Wildman–Crippen LogP) is 1.51. The maximum Gasteiger partial charge on any atom is 0.328 e. The van der Waals surface area contributed by atoms with E-state index in [9.17, 15) is 9.59 Å². The summed E-state index contributed by atoms with van der Waals surface area (Å²) < 4.78 is 5.12. The Hall–Kier alpha value is -1.32. The molecule has 1 atom stereocenters. The molecule has 0 aromatic carbocycles. The minimum atomic E-state index is -0.401. The van der Waals surface area contributed by atoms with E-state index < -0.39 is 6.04 Å². The van der Waals surface area contributed by atoms with Crippen LogP contribution in [0.2, 0.25) is 0 Å². The van der Waals surface area contributed by atoms with E-state index in [1.807, 2.05) is 6.92 Å².